The van der Waals surface area contributed by atoms with Crippen molar-refractivity contribution in [2.24, 2.45) is 0 Å². The zero-order valence-electron chi connectivity index (χ0n) is 14.1. The summed E-state index contributed by atoms with van der Waals surface area (Å²) in [6.07, 6.45) is -0.632. The molecule has 24 heavy (non-hydrogen) atoms. The summed E-state index contributed by atoms with van der Waals surface area (Å²) >= 11 is 6.00. The smallest absolute Gasteiger partial charge is 0.410 e. The average molecular weight is 358 g/mol. The summed E-state index contributed by atoms with van der Waals surface area (Å²) in [6, 6.07) is 5.01. The van der Waals surface area contributed by atoms with Gasteiger partial charge in [0.25, 0.3) is 0 Å². The second-order valence-electron chi connectivity index (χ2n) is 6.86. The van der Waals surface area contributed by atoms with Crippen LogP contribution in [0.15, 0.2) is 18.2 Å². The van der Waals surface area contributed by atoms with E-state index in [9.17, 15) is 9.90 Å². The highest BCUT2D eigenvalue weighted by molar-refractivity contribution is 6.30. The molecule has 3 N–H and O–H groups in total. The first-order valence-corrected chi connectivity index (χ1v) is 8.28. The van der Waals surface area contributed by atoms with Crippen molar-refractivity contribution in [1.29, 1.82) is 0 Å². The van der Waals surface area contributed by atoms with E-state index in [4.69, 9.17) is 26.2 Å². The number of nitrogens with one attached hydrogen (secondary N) is 1. The Hall–Kier alpha value is -1.34. The highest BCUT2D eigenvalue weighted by Crippen LogP contribution is 2.36. The third-order valence-corrected chi connectivity index (χ3v) is 3.93. The van der Waals surface area contributed by atoms with E-state index in [0.29, 0.717) is 29.0 Å². The standard InChI is InChI=1S/C17H24ClNO5/c1-16(2,3)24-15(21)19-17(22)13-7-6-12(18)9-11(13)10-23-14(17)5-4-8-20/h6-7,9,14,20,22H,4-5,8,10H2,1-3H3,(H,19,21)/t14-,17-/m0/s1. The lowest BCUT2D eigenvalue weighted by atomic mass is 9.88. The van der Waals surface area contributed by atoms with Crippen LogP contribution < -0.4 is 5.32 Å². The van der Waals surface area contributed by atoms with Gasteiger partial charge in [-0.15, -0.1) is 0 Å². The van der Waals surface area contributed by atoms with Crippen molar-refractivity contribution in [2.75, 3.05) is 6.61 Å². The molecule has 0 spiro atoms. The van der Waals surface area contributed by atoms with E-state index in [2.05, 4.69) is 5.32 Å². The van der Waals surface area contributed by atoms with Gasteiger partial charge in [0.1, 0.15) is 11.7 Å². The second-order valence-corrected chi connectivity index (χ2v) is 7.30. The summed E-state index contributed by atoms with van der Waals surface area (Å²) in [6.45, 7) is 5.46. The normalized spacial score (nSPS) is 23.5. The summed E-state index contributed by atoms with van der Waals surface area (Å²) in [7, 11) is 0. The summed E-state index contributed by atoms with van der Waals surface area (Å²) in [5.41, 5.74) is -1.23. The third kappa shape index (κ3) is 4.39. The Bertz CT molecular complexity index is 601. The number of halogens is 1. The molecule has 0 bridgehead atoms. The Labute approximate surface area is 146 Å². The van der Waals surface area contributed by atoms with Crippen LogP contribution in [-0.2, 0) is 21.8 Å². The molecule has 2 atom stereocenters. The fourth-order valence-electron chi connectivity index (χ4n) is 2.71. The molecule has 1 aromatic rings. The molecule has 0 aromatic heterocycles. The van der Waals surface area contributed by atoms with Gasteiger partial charge in [0.15, 0.2) is 5.72 Å². The van der Waals surface area contributed by atoms with Crippen molar-refractivity contribution in [3.63, 3.8) is 0 Å². The van der Waals surface area contributed by atoms with Crippen molar-refractivity contribution in [3.8, 4) is 0 Å². The van der Waals surface area contributed by atoms with Gasteiger partial charge in [-0.3, -0.25) is 5.32 Å². The minimum Gasteiger partial charge on any atom is -0.444 e. The Morgan fingerprint density at radius 2 is 2.21 bits per heavy atom. The molecule has 0 aliphatic carbocycles. The highest BCUT2D eigenvalue weighted by atomic mass is 35.5. The lowest BCUT2D eigenvalue weighted by Gasteiger charge is -2.41. The van der Waals surface area contributed by atoms with Crippen molar-refractivity contribution in [1.82, 2.24) is 5.32 Å². The number of rotatable bonds is 4. The van der Waals surface area contributed by atoms with Crippen LogP contribution in [0, 0.1) is 0 Å². The van der Waals surface area contributed by atoms with Gasteiger partial charge in [0.05, 0.1) is 6.61 Å². The topological polar surface area (TPSA) is 88.0 Å². The van der Waals surface area contributed by atoms with E-state index in [-0.39, 0.29) is 13.2 Å². The minimum atomic E-state index is -1.75. The van der Waals surface area contributed by atoms with Gasteiger partial charge in [-0.2, -0.15) is 0 Å². The van der Waals surface area contributed by atoms with Crippen molar-refractivity contribution in [2.45, 2.75) is 57.6 Å². The largest absolute Gasteiger partial charge is 0.444 e. The monoisotopic (exact) mass is 357 g/mol. The first-order valence-electron chi connectivity index (χ1n) is 7.90. The fraction of sp³-hybridized carbons (Fsp3) is 0.588. The molecule has 2 rings (SSSR count). The Kier molecular flexibility index (Phi) is 5.75. The molecule has 1 aliphatic heterocycles. The molecule has 6 nitrogen and oxygen atoms in total. The number of fused-ring (bicyclic) bond motifs is 1. The van der Waals surface area contributed by atoms with Crippen LogP contribution in [0.4, 0.5) is 4.79 Å². The number of carbonyl (C=O) groups excluding carboxylic acids is 1. The van der Waals surface area contributed by atoms with Gasteiger partial charge in [-0.05, 0) is 51.3 Å². The number of carbonyl (C=O) groups is 1. The van der Waals surface area contributed by atoms with Crippen LogP contribution in [0.1, 0.15) is 44.7 Å². The molecule has 1 aliphatic rings. The maximum absolute atomic E-state index is 12.2. The number of hydrogen-bond acceptors (Lipinski definition) is 5. The summed E-state index contributed by atoms with van der Waals surface area (Å²) in [5, 5.41) is 23.3. The van der Waals surface area contributed by atoms with E-state index in [1.165, 1.54) is 0 Å². The Balaban J connectivity index is 2.33. The average Bonchev–Trinajstić information content (AvgIpc) is 2.44. The molecule has 134 valence electrons. The molecule has 0 radical (unpaired) electrons. The molecule has 1 amide bonds. The Morgan fingerprint density at radius 1 is 1.50 bits per heavy atom. The van der Waals surface area contributed by atoms with Gasteiger partial charge >= 0.3 is 6.09 Å². The second kappa shape index (κ2) is 7.27. The lowest BCUT2D eigenvalue weighted by Crippen LogP contribution is -2.58. The molecule has 0 saturated heterocycles. The van der Waals surface area contributed by atoms with Crippen LogP contribution in [0.3, 0.4) is 0 Å². The number of benzene rings is 1. The number of ether oxygens (including phenoxy) is 2. The molecule has 0 unspecified atom stereocenters. The summed E-state index contributed by atoms with van der Waals surface area (Å²) in [4.78, 5) is 12.2. The first kappa shape index (κ1) is 19.0. The zero-order valence-corrected chi connectivity index (χ0v) is 14.9. The quantitative estimate of drug-likeness (QED) is 0.721. The maximum Gasteiger partial charge on any atom is 0.410 e. The number of hydrogen-bond donors (Lipinski definition) is 3. The highest BCUT2D eigenvalue weighted by Gasteiger charge is 2.45. The van der Waals surface area contributed by atoms with E-state index < -0.39 is 23.5 Å². The van der Waals surface area contributed by atoms with Crippen LogP contribution >= 0.6 is 11.6 Å². The third-order valence-electron chi connectivity index (χ3n) is 3.70. The van der Waals surface area contributed by atoms with Gasteiger partial charge < -0.3 is 19.7 Å². The summed E-state index contributed by atoms with van der Waals surface area (Å²) in [5.74, 6) is 0. The molecular weight excluding hydrogens is 334 g/mol. The predicted octanol–water partition coefficient (Wildman–Crippen LogP) is 2.68. The van der Waals surface area contributed by atoms with E-state index in [0.717, 1.165) is 0 Å². The summed E-state index contributed by atoms with van der Waals surface area (Å²) < 4.78 is 11.0. The molecule has 0 saturated carbocycles. The molecular formula is C17H24ClNO5. The van der Waals surface area contributed by atoms with Crippen molar-refractivity contribution >= 4 is 17.7 Å². The van der Waals surface area contributed by atoms with Crippen LogP contribution in [0.2, 0.25) is 5.02 Å². The van der Waals surface area contributed by atoms with Crippen LogP contribution in [0.25, 0.3) is 0 Å². The minimum absolute atomic E-state index is 0.0319. The molecule has 1 aromatic carbocycles. The van der Waals surface area contributed by atoms with Gasteiger partial charge in [-0.1, -0.05) is 17.7 Å². The number of aliphatic hydroxyl groups excluding tert-OH is 1. The Morgan fingerprint density at radius 3 is 2.83 bits per heavy atom. The maximum atomic E-state index is 12.2. The van der Waals surface area contributed by atoms with E-state index in [1.54, 1.807) is 39.0 Å². The first-order chi connectivity index (χ1) is 11.2. The molecule has 1 heterocycles. The zero-order chi connectivity index (χ0) is 18.0. The van der Waals surface area contributed by atoms with Crippen LogP contribution in [-0.4, -0.2) is 34.6 Å². The predicted molar refractivity (Wildman–Crippen MR) is 89.6 cm³/mol. The lowest BCUT2D eigenvalue weighted by molar-refractivity contribution is -0.156. The molecule has 0 fully saturated rings. The van der Waals surface area contributed by atoms with E-state index >= 15 is 0 Å². The molecule has 7 heteroatoms. The SMILES string of the molecule is CC(C)(C)OC(=O)N[C@]1(O)c2ccc(Cl)cc2CO[C@H]1CCCO. The van der Waals surface area contributed by atoms with Gasteiger partial charge in [0.2, 0.25) is 0 Å². The van der Waals surface area contributed by atoms with Gasteiger partial charge in [0, 0.05) is 17.2 Å². The number of alkyl carbamates (subject to hydrolysis) is 1. The van der Waals surface area contributed by atoms with Gasteiger partial charge in [-0.25, -0.2) is 4.79 Å². The van der Waals surface area contributed by atoms with Crippen molar-refractivity contribution in [3.05, 3.63) is 34.3 Å². The number of aliphatic hydroxyl groups is 2. The van der Waals surface area contributed by atoms with E-state index in [1.807, 2.05) is 0 Å². The number of amides is 1. The van der Waals surface area contributed by atoms with Crippen molar-refractivity contribution < 1.29 is 24.5 Å². The fourth-order valence-corrected chi connectivity index (χ4v) is 2.91. The van der Waals surface area contributed by atoms with Crippen LogP contribution in [0.5, 0.6) is 0 Å².